The van der Waals surface area contributed by atoms with Crippen molar-refractivity contribution < 1.29 is 9.26 Å². The molecule has 2 aromatic heterocycles. The highest BCUT2D eigenvalue weighted by Gasteiger charge is 2.26. The average molecular weight is 345 g/mol. The van der Waals surface area contributed by atoms with E-state index in [0.717, 1.165) is 76.3 Å². The fourth-order valence-electron chi connectivity index (χ4n) is 3.96. The Bertz CT molecular complexity index is 685. The summed E-state index contributed by atoms with van der Waals surface area (Å²) in [6.45, 7) is 12.8. The summed E-state index contributed by atoms with van der Waals surface area (Å²) >= 11 is 0. The zero-order valence-corrected chi connectivity index (χ0v) is 15.1. The van der Waals surface area contributed by atoms with Gasteiger partial charge < -0.3 is 13.8 Å². The molecule has 7 heteroatoms. The fraction of sp³-hybridized carbons (Fsp3) is 0.667. The van der Waals surface area contributed by atoms with Crippen LogP contribution in [0.3, 0.4) is 0 Å². The summed E-state index contributed by atoms with van der Waals surface area (Å²) in [5.74, 6) is 2.65. The number of aromatic nitrogens is 3. The minimum atomic E-state index is 0.578. The summed E-state index contributed by atoms with van der Waals surface area (Å²) < 4.78 is 13.2. The lowest BCUT2D eigenvalue weighted by Gasteiger charge is -2.31. The Morgan fingerprint density at radius 3 is 2.76 bits per heavy atom. The van der Waals surface area contributed by atoms with E-state index in [-0.39, 0.29) is 0 Å². The topological polar surface area (TPSA) is 59.6 Å². The van der Waals surface area contributed by atoms with Gasteiger partial charge in [0.1, 0.15) is 11.6 Å². The number of morpholine rings is 1. The average Bonchev–Trinajstić information content (AvgIpc) is 3.12. The normalized spacial score (nSPS) is 22.7. The molecule has 0 N–H and O–H groups in total. The molecule has 25 heavy (non-hydrogen) atoms. The Kier molecular flexibility index (Phi) is 4.87. The number of ether oxygens (including phenoxy) is 1. The quantitative estimate of drug-likeness (QED) is 0.836. The summed E-state index contributed by atoms with van der Waals surface area (Å²) in [6.07, 6.45) is 4.03. The molecule has 0 amide bonds. The van der Waals surface area contributed by atoms with Crippen molar-refractivity contribution in [3.05, 3.63) is 35.2 Å². The Morgan fingerprint density at radius 1 is 1.16 bits per heavy atom. The van der Waals surface area contributed by atoms with Crippen molar-refractivity contribution in [2.75, 3.05) is 39.4 Å². The van der Waals surface area contributed by atoms with E-state index < -0.39 is 0 Å². The second-order valence-electron chi connectivity index (χ2n) is 7.25. The minimum Gasteiger partial charge on any atom is -0.379 e. The maximum absolute atomic E-state index is 5.49. The number of rotatable bonds is 4. The Labute approximate surface area is 148 Å². The van der Waals surface area contributed by atoms with Crippen molar-refractivity contribution >= 4 is 0 Å². The first-order chi connectivity index (χ1) is 12.2. The van der Waals surface area contributed by atoms with E-state index in [1.807, 2.05) is 20.0 Å². The highest BCUT2D eigenvalue weighted by molar-refractivity contribution is 5.20. The van der Waals surface area contributed by atoms with E-state index in [1.165, 1.54) is 5.56 Å². The van der Waals surface area contributed by atoms with Crippen LogP contribution in [0.2, 0.25) is 0 Å². The number of nitrogens with zero attached hydrogens (tertiary/aromatic N) is 5. The van der Waals surface area contributed by atoms with Gasteiger partial charge in [0.05, 0.1) is 25.5 Å². The summed E-state index contributed by atoms with van der Waals surface area (Å²) in [6, 6.07) is 0. The smallest absolute Gasteiger partial charge is 0.138 e. The number of imidazole rings is 1. The second-order valence-corrected chi connectivity index (χ2v) is 7.25. The molecule has 1 unspecified atom stereocenters. The first kappa shape index (κ1) is 16.8. The van der Waals surface area contributed by atoms with Gasteiger partial charge in [-0.1, -0.05) is 5.16 Å². The third-order valence-corrected chi connectivity index (χ3v) is 5.32. The number of hydrogen-bond acceptors (Lipinski definition) is 6. The molecule has 2 aliphatic rings. The van der Waals surface area contributed by atoms with E-state index in [0.29, 0.717) is 5.92 Å². The molecule has 0 saturated carbocycles. The van der Waals surface area contributed by atoms with Crippen LogP contribution in [0.25, 0.3) is 0 Å². The van der Waals surface area contributed by atoms with Crippen molar-refractivity contribution in [2.24, 2.45) is 5.92 Å². The van der Waals surface area contributed by atoms with Crippen molar-refractivity contribution in [1.82, 2.24) is 24.5 Å². The molecule has 4 heterocycles. The molecule has 1 fully saturated rings. The van der Waals surface area contributed by atoms with Crippen molar-refractivity contribution in [1.29, 1.82) is 0 Å². The molecule has 2 aromatic rings. The molecular weight excluding hydrogens is 318 g/mol. The molecule has 7 nitrogen and oxygen atoms in total. The van der Waals surface area contributed by atoms with Crippen LogP contribution in [0.15, 0.2) is 16.9 Å². The lowest BCUT2D eigenvalue weighted by molar-refractivity contribution is 0.0265. The van der Waals surface area contributed by atoms with E-state index in [4.69, 9.17) is 9.26 Å². The highest BCUT2D eigenvalue weighted by Crippen LogP contribution is 2.21. The zero-order chi connectivity index (χ0) is 17.2. The first-order valence-electron chi connectivity index (χ1n) is 9.13. The highest BCUT2D eigenvalue weighted by atomic mass is 16.5. The predicted octanol–water partition coefficient (Wildman–Crippen LogP) is 1.45. The van der Waals surface area contributed by atoms with Gasteiger partial charge in [0, 0.05) is 63.1 Å². The number of aryl methyl sites for hydroxylation is 2. The maximum Gasteiger partial charge on any atom is 0.138 e. The predicted molar refractivity (Wildman–Crippen MR) is 93.1 cm³/mol. The molecule has 2 aliphatic heterocycles. The van der Waals surface area contributed by atoms with Gasteiger partial charge in [-0.05, 0) is 13.8 Å². The van der Waals surface area contributed by atoms with Crippen LogP contribution >= 0.6 is 0 Å². The largest absolute Gasteiger partial charge is 0.379 e. The molecule has 0 spiro atoms. The maximum atomic E-state index is 5.49. The summed E-state index contributed by atoms with van der Waals surface area (Å²) in [5.41, 5.74) is 2.21. The van der Waals surface area contributed by atoms with Gasteiger partial charge in [-0.2, -0.15) is 0 Å². The number of hydrogen-bond donors (Lipinski definition) is 0. The second kappa shape index (κ2) is 7.27. The Morgan fingerprint density at radius 2 is 2.00 bits per heavy atom. The van der Waals surface area contributed by atoms with E-state index in [2.05, 4.69) is 30.7 Å². The third-order valence-electron chi connectivity index (χ3n) is 5.32. The van der Waals surface area contributed by atoms with E-state index >= 15 is 0 Å². The van der Waals surface area contributed by atoms with Gasteiger partial charge in [-0.3, -0.25) is 9.80 Å². The molecule has 1 saturated heterocycles. The molecule has 0 aromatic carbocycles. The van der Waals surface area contributed by atoms with Gasteiger partial charge in [0.15, 0.2) is 0 Å². The van der Waals surface area contributed by atoms with Crippen molar-refractivity contribution in [3.8, 4) is 0 Å². The monoisotopic (exact) mass is 345 g/mol. The lowest BCUT2D eigenvalue weighted by atomic mass is 10.1. The van der Waals surface area contributed by atoms with Crippen LogP contribution in [0.1, 0.15) is 22.8 Å². The number of fused-ring (bicyclic) bond motifs is 1. The Balaban J connectivity index is 1.50. The SMILES string of the molecule is Cc1noc(C)c1CN1Cc2nccn2CC(CN2CCOCC2)C1. The van der Waals surface area contributed by atoms with E-state index in [9.17, 15) is 0 Å². The summed E-state index contributed by atoms with van der Waals surface area (Å²) in [7, 11) is 0. The molecule has 136 valence electrons. The minimum absolute atomic E-state index is 0.578. The van der Waals surface area contributed by atoms with Gasteiger partial charge in [-0.25, -0.2) is 4.98 Å². The van der Waals surface area contributed by atoms with Crippen molar-refractivity contribution in [2.45, 2.75) is 33.5 Å². The van der Waals surface area contributed by atoms with Gasteiger partial charge in [0.25, 0.3) is 0 Å². The fourth-order valence-corrected chi connectivity index (χ4v) is 3.96. The van der Waals surface area contributed by atoms with Crippen LogP contribution in [-0.4, -0.2) is 63.9 Å². The third kappa shape index (κ3) is 3.78. The van der Waals surface area contributed by atoms with Crippen LogP contribution in [-0.2, 0) is 24.4 Å². The van der Waals surface area contributed by atoms with Crippen LogP contribution in [0.4, 0.5) is 0 Å². The summed E-state index contributed by atoms with van der Waals surface area (Å²) in [5, 5.41) is 4.11. The summed E-state index contributed by atoms with van der Waals surface area (Å²) in [4.78, 5) is 9.59. The van der Waals surface area contributed by atoms with Crippen molar-refractivity contribution in [3.63, 3.8) is 0 Å². The molecular formula is C18H27N5O2. The van der Waals surface area contributed by atoms with Gasteiger partial charge in [-0.15, -0.1) is 0 Å². The van der Waals surface area contributed by atoms with Gasteiger partial charge in [0.2, 0.25) is 0 Å². The van der Waals surface area contributed by atoms with Crippen LogP contribution in [0, 0.1) is 19.8 Å². The molecule has 0 radical (unpaired) electrons. The standard InChI is InChI=1S/C18H27N5O2/c1-14-17(15(2)25-20-14)12-22-10-16(9-21-5-7-24-8-6-21)11-23-4-3-19-18(23)13-22/h3-4,16H,5-13H2,1-2H3. The van der Waals surface area contributed by atoms with Crippen LogP contribution < -0.4 is 0 Å². The molecule has 4 rings (SSSR count). The molecule has 1 atom stereocenters. The first-order valence-corrected chi connectivity index (χ1v) is 9.13. The Hall–Kier alpha value is -1.70. The zero-order valence-electron chi connectivity index (χ0n) is 15.1. The van der Waals surface area contributed by atoms with Gasteiger partial charge >= 0.3 is 0 Å². The van der Waals surface area contributed by atoms with Crippen LogP contribution in [0.5, 0.6) is 0 Å². The molecule has 0 bridgehead atoms. The lowest BCUT2D eigenvalue weighted by Crippen LogP contribution is -2.42. The van der Waals surface area contributed by atoms with E-state index in [1.54, 1.807) is 0 Å². The molecule has 0 aliphatic carbocycles.